The minimum Gasteiger partial charge on any atom is -0.394 e. The summed E-state index contributed by atoms with van der Waals surface area (Å²) >= 11 is 0. The van der Waals surface area contributed by atoms with Gasteiger partial charge in [0.25, 0.3) is 0 Å². The molecule has 81 heavy (non-hydrogen) atoms. The van der Waals surface area contributed by atoms with Crippen molar-refractivity contribution >= 4 is 5.91 Å². The molecule has 0 radical (unpaired) electrons. The number of carbonyl (C=O) groups excluding carboxylic acids is 1. The van der Waals surface area contributed by atoms with Crippen molar-refractivity contribution in [3.8, 4) is 0 Å². The molecule has 1 aliphatic heterocycles. The van der Waals surface area contributed by atoms with Crippen molar-refractivity contribution in [1.82, 2.24) is 5.32 Å². The molecule has 0 aromatic heterocycles. The van der Waals surface area contributed by atoms with Gasteiger partial charge in [-0.3, -0.25) is 4.79 Å². The van der Waals surface area contributed by atoms with Crippen molar-refractivity contribution in [3.05, 3.63) is 97.2 Å². The normalized spacial score (nSPS) is 19.0. The van der Waals surface area contributed by atoms with Crippen LogP contribution in [0.3, 0.4) is 0 Å². The Labute approximate surface area is 498 Å². The summed E-state index contributed by atoms with van der Waals surface area (Å²) in [4.78, 5) is 13.1. The fourth-order valence-electron chi connectivity index (χ4n) is 10.4. The Morgan fingerprint density at radius 2 is 0.765 bits per heavy atom. The number of aliphatic hydroxyl groups excluding tert-OH is 5. The average Bonchev–Trinajstić information content (AvgIpc) is 3.47. The van der Waals surface area contributed by atoms with Crippen LogP contribution in [0.15, 0.2) is 97.2 Å². The molecule has 0 aliphatic carbocycles. The van der Waals surface area contributed by atoms with Crippen LogP contribution in [0.1, 0.15) is 296 Å². The number of aliphatic hydroxyl groups is 5. The highest BCUT2D eigenvalue weighted by Crippen LogP contribution is 2.23. The lowest BCUT2D eigenvalue weighted by atomic mass is 9.99. The summed E-state index contributed by atoms with van der Waals surface area (Å²) in [6, 6.07) is -0.736. The maximum Gasteiger partial charge on any atom is 0.220 e. The molecule has 0 bridgehead atoms. The third-order valence-corrected chi connectivity index (χ3v) is 15.7. The van der Waals surface area contributed by atoms with Gasteiger partial charge in [0.1, 0.15) is 24.4 Å². The Hall–Kier alpha value is -2.89. The minimum absolute atomic E-state index is 0.149. The number of unbranched alkanes of at least 4 members (excludes halogenated alkanes) is 32. The van der Waals surface area contributed by atoms with Crippen LogP contribution in [0.25, 0.3) is 0 Å². The summed E-state index contributed by atoms with van der Waals surface area (Å²) < 4.78 is 11.4. The Kier molecular flexibility index (Phi) is 56.6. The molecule has 6 N–H and O–H groups in total. The van der Waals surface area contributed by atoms with Crippen molar-refractivity contribution in [2.45, 2.75) is 339 Å². The molecule has 1 fully saturated rings. The summed E-state index contributed by atoms with van der Waals surface area (Å²) in [6.07, 6.45) is 80.3. The van der Waals surface area contributed by atoms with Crippen LogP contribution in [0.2, 0.25) is 0 Å². The molecule has 0 spiro atoms. The van der Waals surface area contributed by atoms with E-state index in [9.17, 15) is 30.3 Å². The van der Waals surface area contributed by atoms with Crippen LogP contribution >= 0.6 is 0 Å². The van der Waals surface area contributed by atoms with E-state index in [2.05, 4.69) is 116 Å². The van der Waals surface area contributed by atoms with Crippen LogP contribution < -0.4 is 5.32 Å². The van der Waals surface area contributed by atoms with Crippen LogP contribution in [0.5, 0.6) is 0 Å². The molecular weight excluding hydrogens is 1010 g/mol. The first-order valence-electron chi connectivity index (χ1n) is 33.9. The molecule has 7 atom stereocenters. The van der Waals surface area contributed by atoms with Crippen LogP contribution in [-0.4, -0.2) is 87.5 Å². The summed E-state index contributed by atoms with van der Waals surface area (Å²) in [7, 11) is 0. The van der Waals surface area contributed by atoms with E-state index in [1.54, 1.807) is 0 Å². The van der Waals surface area contributed by atoms with E-state index in [0.29, 0.717) is 12.8 Å². The number of carbonyl (C=O) groups is 1. The Morgan fingerprint density at radius 1 is 0.432 bits per heavy atom. The summed E-state index contributed by atoms with van der Waals surface area (Å²) in [6.45, 7) is 3.74. The van der Waals surface area contributed by atoms with E-state index < -0.39 is 49.5 Å². The summed E-state index contributed by atoms with van der Waals surface area (Å²) in [5.74, 6) is -0.159. The lowest BCUT2D eigenvalue weighted by molar-refractivity contribution is -0.302. The van der Waals surface area contributed by atoms with Gasteiger partial charge in [0, 0.05) is 6.42 Å². The number of rotatable bonds is 58. The monoisotopic (exact) mass is 1130 g/mol. The zero-order valence-corrected chi connectivity index (χ0v) is 52.3. The molecule has 9 heteroatoms. The first-order valence-corrected chi connectivity index (χ1v) is 33.9. The van der Waals surface area contributed by atoms with Gasteiger partial charge >= 0.3 is 0 Å². The molecular formula is C72H127NO8. The molecule has 1 amide bonds. The highest BCUT2D eigenvalue weighted by atomic mass is 16.7. The minimum atomic E-state index is -1.56. The molecule has 0 aromatic rings. The zero-order chi connectivity index (χ0) is 58.6. The van der Waals surface area contributed by atoms with E-state index in [4.69, 9.17) is 9.47 Å². The van der Waals surface area contributed by atoms with Crippen molar-refractivity contribution in [1.29, 1.82) is 0 Å². The van der Waals surface area contributed by atoms with Gasteiger partial charge in [0.05, 0.1) is 25.4 Å². The maximum atomic E-state index is 13.1. The standard InChI is InChI=1S/C72H127NO8/c1-3-5-7-9-11-13-15-17-19-21-23-25-27-29-31-32-33-34-36-38-40-42-44-46-48-50-52-54-56-58-60-62-68(76)73-65(64-80-72-71(79)70(78)69(77)67(63-74)81-72)66(75)61-59-57-55-53-51-49-47-45-43-41-39-37-35-30-28-26-24-22-20-18-16-14-12-10-8-6-4-2/h5,7,11,13,17,19,23,25,29,31,33-34,38,40,44,46,65-67,69-72,74-75,77-79H,3-4,6,8-10,12,14-16,18,20-22,24,26-28,30,32,35-37,39,41-43,45,47-64H2,1-2H3,(H,73,76)/b7-5-,13-11-,19-17-,25-23-,31-29-,34-33-,40-38-,46-44-. The van der Waals surface area contributed by atoms with Crippen LogP contribution in [-0.2, 0) is 14.3 Å². The van der Waals surface area contributed by atoms with Crippen molar-refractivity contribution in [2.75, 3.05) is 13.2 Å². The maximum absolute atomic E-state index is 13.1. The topological polar surface area (TPSA) is 149 Å². The quantitative estimate of drug-likeness (QED) is 0.0261. The molecule has 468 valence electrons. The number of allylic oxidation sites excluding steroid dienone is 16. The van der Waals surface area contributed by atoms with Gasteiger partial charge < -0.3 is 40.3 Å². The summed E-state index contributed by atoms with van der Waals surface area (Å²) in [5.41, 5.74) is 0. The number of nitrogens with one attached hydrogen (secondary N) is 1. The number of hydrogen-bond acceptors (Lipinski definition) is 8. The number of hydrogen-bond donors (Lipinski definition) is 6. The first-order chi connectivity index (χ1) is 39.8. The van der Waals surface area contributed by atoms with E-state index in [1.165, 1.54) is 154 Å². The Balaban J connectivity index is 2.18. The summed E-state index contributed by atoms with van der Waals surface area (Å²) in [5, 5.41) is 54.9. The van der Waals surface area contributed by atoms with Gasteiger partial charge in [0.15, 0.2) is 6.29 Å². The van der Waals surface area contributed by atoms with Gasteiger partial charge in [-0.2, -0.15) is 0 Å². The average molecular weight is 1130 g/mol. The molecule has 1 saturated heterocycles. The largest absolute Gasteiger partial charge is 0.394 e. The lowest BCUT2D eigenvalue weighted by Crippen LogP contribution is -2.60. The molecule has 1 rings (SSSR count). The zero-order valence-electron chi connectivity index (χ0n) is 52.3. The molecule has 9 nitrogen and oxygen atoms in total. The van der Waals surface area contributed by atoms with Crippen molar-refractivity contribution in [3.63, 3.8) is 0 Å². The highest BCUT2D eigenvalue weighted by molar-refractivity contribution is 5.76. The SMILES string of the molecule is CC/C=C\C/C=C\C/C=C\C/C=C\C/C=C\C/C=C\C/C=C\C/C=C\CCCCCCCCC(=O)NC(COC1OC(CO)C(O)C(O)C1O)C(O)CCCCCCCCCCCCCCCCCCCCCCCCCCCCC. The van der Waals surface area contributed by atoms with Gasteiger partial charge in [-0.05, 0) is 77.0 Å². The molecule has 0 aromatic carbocycles. The van der Waals surface area contributed by atoms with Gasteiger partial charge in [-0.1, -0.05) is 310 Å². The molecule has 7 unspecified atom stereocenters. The van der Waals surface area contributed by atoms with Crippen molar-refractivity contribution < 1.29 is 39.8 Å². The molecule has 1 aliphatic rings. The fourth-order valence-corrected chi connectivity index (χ4v) is 10.4. The van der Waals surface area contributed by atoms with Gasteiger partial charge in [0.2, 0.25) is 5.91 Å². The Morgan fingerprint density at radius 3 is 1.14 bits per heavy atom. The number of amides is 1. The van der Waals surface area contributed by atoms with Crippen molar-refractivity contribution in [2.24, 2.45) is 0 Å². The van der Waals surface area contributed by atoms with E-state index in [1.807, 2.05) is 0 Å². The van der Waals surface area contributed by atoms with Gasteiger partial charge in [-0.25, -0.2) is 0 Å². The van der Waals surface area contributed by atoms with Crippen LogP contribution in [0.4, 0.5) is 0 Å². The molecule has 1 heterocycles. The predicted molar refractivity (Wildman–Crippen MR) is 345 cm³/mol. The lowest BCUT2D eigenvalue weighted by Gasteiger charge is -2.40. The number of ether oxygens (including phenoxy) is 2. The van der Waals surface area contributed by atoms with Gasteiger partial charge in [-0.15, -0.1) is 0 Å². The van der Waals surface area contributed by atoms with E-state index in [-0.39, 0.29) is 12.5 Å². The smallest absolute Gasteiger partial charge is 0.220 e. The van der Waals surface area contributed by atoms with E-state index in [0.717, 1.165) is 116 Å². The fraction of sp³-hybridized carbons (Fsp3) is 0.764. The Bertz CT molecular complexity index is 1600. The second kappa shape index (κ2) is 60.2. The second-order valence-corrected chi connectivity index (χ2v) is 23.2. The second-order valence-electron chi connectivity index (χ2n) is 23.2. The highest BCUT2D eigenvalue weighted by Gasteiger charge is 2.44. The third-order valence-electron chi connectivity index (χ3n) is 15.7. The predicted octanol–water partition coefficient (Wildman–Crippen LogP) is 18.3. The van der Waals surface area contributed by atoms with Crippen LogP contribution in [0, 0.1) is 0 Å². The van der Waals surface area contributed by atoms with E-state index >= 15 is 0 Å². The molecule has 0 saturated carbocycles. The third kappa shape index (κ3) is 49.1. The first kappa shape index (κ1) is 76.1.